The van der Waals surface area contributed by atoms with Crippen LogP contribution in [0.2, 0.25) is 0 Å². The summed E-state index contributed by atoms with van der Waals surface area (Å²) >= 11 is 0. The Hall–Kier alpha value is -2.42. The number of benzene rings is 1. The normalized spacial score (nSPS) is 10.6. The third kappa shape index (κ3) is 2.94. The molecule has 1 aromatic carbocycles. The van der Waals surface area contributed by atoms with Crippen molar-refractivity contribution in [1.82, 2.24) is 15.0 Å². The minimum absolute atomic E-state index is 0.137. The first kappa shape index (κ1) is 14.0. The van der Waals surface area contributed by atoms with Crippen LogP contribution in [0.3, 0.4) is 0 Å². The number of amides is 1. The average molecular weight is 285 g/mol. The Morgan fingerprint density at radius 3 is 2.55 bits per heavy atom. The van der Waals surface area contributed by atoms with Crippen molar-refractivity contribution in [3.05, 3.63) is 41.5 Å². The zero-order valence-electron chi connectivity index (χ0n) is 10.1. The van der Waals surface area contributed by atoms with E-state index < -0.39 is 29.0 Å². The number of anilines is 1. The molecule has 2 rings (SSSR count). The number of rotatable bonds is 4. The molecule has 0 atom stereocenters. The number of aromatic nitrogens is 3. The number of nitrogens with one attached hydrogen (secondary N) is 1. The van der Waals surface area contributed by atoms with E-state index in [1.165, 1.54) is 10.9 Å². The molecule has 2 aromatic rings. The second-order valence-corrected chi connectivity index (χ2v) is 3.85. The van der Waals surface area contributed by atoms with Gasteiger partial charge >= 0.3 is 0 Å². The molecule has 1 amide bonds. The fourth-order valence-corrected chi connectivity index (χ4v) is 1.48. The van der Waals surface area contributed by atoms with Crippen LogP contribution >= 0.6 is 0 Å². The Balaban J connectivity index is 2.19. The van der Waals surface area contributed by atoms with Crippen LogP contribution in [-0.4, -0.2) is 27.4 Å². The predicted molar refractivity (Wildman–Crippen MR) is 63.3 cm³/mol. The van der Waals surface area contributed by atoms with Crippen molar-refractivity contribution in [1.29, 1.82) is 0 Å². The SMILES string of the molecule is NCCn1cc(C(=O)Nc2c(F)cc(F)cc2F)nn1. The summed E-state index contributed by atoms with van der Waals surface area (Å²) in [6.07, 6.45) is 1.28. The lowest BCUT2D eigenvalue weighted by atomic mass is 10.2. The highest BCUT2D eigenvalue weighted by Crippen LogP contribution is 2.20. The van der Waals surface area contributed by atoms with Gasteiger partial charge in [0, 0.05) is 18.7 Å². The number of hydrogen-bond acceptors (Lipinski definition) is 4. The summed E-state index contributed by atoms with van der Waals surface area (Å²) in [5.41, 5.74) is 4.42. The van der Waals surface area contributed by atoms with E-state index in [1.54, 1.807) is 0 Å². The van der Waals surface area contributed by atoms with E-state index in [0.29, 0.717) is 25.2 Å². The molecular formula is C11H10F3N5O. The van der Waals surface area contributed by atoms with Crippen LogP contribution in [0.25, 0.3) is 0 Å². The first-order valence-corrected chi connectivity index (χ1v) is 5.57. The van der Waals surface area contributed by atoms with Crippen molar-refractivity contribution in [2.45, 2.75) is 6.54 Å². The first-order valence-electron chi connectivity index (χ1n) is 5.57. The van der Waals surface area contributed by atoms with Crippen molar-refractivity contribution in [3.63, 3.8) is 0 Å². The van der Waals surface area contributed by atoms with E-state index >= 15 is 0 Å². The molecule has 0 aliphatic heterocycles. The summed E-state index contributed by atoms with van der Waals surface area (Å²) in [7, 11) is 0. The summed E-state index contributed by atoms with van der Waals surface area (Å²) in [5.74, 6) is -4.38. The van der Waals surface area contributed by atoms with E-state index in [4.69, 9.17) is 5.73 Å². The molecule has 0 saturated heterocycles. The van der Waals surface area contributed by atoms with Gasteiger partial charge in [-0.1, -0.05) is 5.21 Å². The van der Waals surface area contributed by atoms with Crippen LogP contribution in [0, 0.1) is 17.5 Å². The number of halogens is 3. The Morgan fingerprint density at radius 2 is 1.95 bits per heavy atom. The number of hydrogen-bond donors (Lipinski definition) is 2. The zero-order chi connectivity index (χ0) is 14.7. The lowest BCUT2D eigenvalue weighted by Crippen LogP contribution is -2.15. The fraction of sp³-hybridized carbons (Fsp3) is 0.182. The molecule has 6 nitrogen and oxygen atoms in total. The van der Waals surface area contributed by atoms with Crippen LogP contribution in [0.5, 0.6) is 0 Å². The Morgan fingerprint density at radius 1 is 1.30 bits per heavy atom. The largest absolute Gasteiger partial charge is 0.329 e. The van der Waals surface area contributed by atoms with Crippen LogP contribution in [0.1, 0.15) is 10.5 Å². The van der Waals surface area contributed by atoms with Gasteiger partial charge in [0.2, 0.25) is 0 Å². The first-order chi connectivity index (χ1) is 9.51. The highest BCUT2D eigenvalue weighted by Gasteiger charge is 2.17. The van der Waals surface area contributed by atoms with Gasteiger partial charge in [0.1, 0.15) is 11.5 Å². The highest BCUT2D eigenvalue weighted by atomic mass is 19.1. The zero-order valence-corrected chi connectivity index (χ0v) is 10.1. The van der Waals surface area contributed by atoms with Crippen molar-refractivity contribution < 1.29 is 18.0 Å². The molecule has 20 heavy (non-hydrogen) atoms. The average Bonchev–Trinajstić information content (AvgIpc) is 2.82. The van der Waals surface area contributed by atoms with Crippen LogP contribution in [0.15, 0.2) is 18.3 Å². The molecule has 0 saturated carbocycles. The minimum Gasteiger partial charge on any atom is -0.329 e. The van der Waals surface area contributed by atoms with E-state index in [2.05, 4.69) is 10.3 Å². The molecule has 0 spiro atoms. The van der Waals surface area contributed by atoms with Crippen molar-refractivity contribution in [2.75, 3.05) is 11.9 Å². The molecule has 0 unspecified atom stereocenters. The third-order valence-electron chi connectivity index (χ3n) is 2.37. The van der Waals surface area contributed by atoms with Crippen LogP contribution in [0.4, 0.5) is 18.9 Å². The van der Waals surface area contributed by atoms with E-state index in [9.17, 15) is 18.0 Å². The summed E-state index contributed by atoms with van der Waals surface area (Å²) in [5, 5.41) is 9.11. The smallest absolute Gasteiger partial charge is 0.277 e. The van der Waals surface area contributed by atoms with Crippen LogP contribution in [-0.2, 0) is 6.54 Å². The molecule has 3 N–H and O–H groups in total. The van der Waals surface area contributed by atoms with Crippen LogP contribution < -0.4 is 11.1 Å². The topological polar surface area (TPSA) is 85.8 Å². The molecule has 0 aliphatic rings. The molecule has 106 valence electrons. The van der Waals surface area contributed by atoms with Gasteiger partial charge in [-0.25, -0.2) is 13.2 Å². The molecule has 1 aromatic heterocycles. The summed E-state index contributed by atoms with van der Waals surface area (Å²) in [4.78, 5) is 11.7. The Labute approximate surface area is 111 Å². The lowest BCUT2D eigenvalue weighted by Gasteiger charge is -2.05. The number of carbonyl (C=O) groups is 1. The minimum atomic E-state index is -1.22. The van der Waals surface area contributed by atoms with Gasteiger partial charge in [0.25, 0.3) is 5.91 Å². The van der Waals surface area contributed by atoms with Crippen molar-refractivity contribution >= 4 is 11.6 Å². The maximum atomic E-state index is 13.4. The highest BCUT2D eigenvalue weighted by molar-refractivity contribution is 6.02. The monoisotopic (exact) mass is 285 g/mol. The number of carbonyl (C=O) groups excluding carboxylic acids is 1. The van der Waals surface area contributed by atoms with Gasteiger partial charge < -0.3 is 11.1 Å². The maximum Gasteiger partial charge on any atom is 0.277 e. The standard InChI is InChI=1S/C11H10F3N5O/c12-6-3-7(13)10(8(14)4-6)16-11(20)9-5-19(2-1-15)18-17-9/h3-5H,1-2,15H2,(H,16,20). The molecule has 0 aliphatic carbocycles. The Bertz CT molecular complexity index is 620. The Kier molecular flexibility index (Phi) is 3.99. The van der Waals surface area contributed by atoms with Gasteiger partial charge in [-0.05, 0) is 0 Å². The fourth-order valence-electron chi connectivity index (χ4n) is 1.48. The lowest BCUT2D eigenvalue weighted by molar-refractivity contribution is 0.102. The summed E-state index contributed by atoms with van der Waals surface area (Å²) < 4.78 is 40.8. The quantitative estimate of drug-likeness (QED) is 0.874. The summed E-state index contributed by atoms with van der Waals surface area (Å²) in [6.45, 7) is 0.644. The number of nitrogens with zero attached hydrogens (tertiary/aromatic N) is 3. The maximum absolute atomic E-state index is 13.4. The molecule has 1 heterocycles. The predicted octanol–water partition coefficient (Wildman–Crippen LogP) is 0.906. The second kappa shape index (κ2) is 5.70. The number of nitrogens with two attached hydrogens (primary N) is 1. The molecule has 9 heteroatoms. The van der Waals surface area contributed by atoms with Gasteiger partial charge in [0.15, 0.2) is 17.3 Å². The third-order valence-corrected chi connectivity index (χ3v) is 2.37. The van der Waals surface area contributed by atoms with Crippen molar-refractivity contribution in [2.24, 2.45) is 5.73 Å². The van der Waals surface area contributed by atoms with Gasteiger partial charge in [0.05, 0.1) is 12.7 Å². The van der Waals surface area contributed by atoms with E-state index in [-0.39, 0.29) is 5.69 Å². The van der Waals surface area contributed by atoms with E-state index in [0.717, 1.165) is 0 Å². The van der Waals surface area contributed by atoms with E-state index in [1.807, 2.05) is 5.32 Å². The second-order valence-electron chi connectivity index (χ2n) is 3.85. The molecule has 0 bridgehead atoms. The molecule has 0 radical (unpaired) electrons. The van der Waals surface area contributed by atoms with Gasteiger partial charge in [-0.15, -0.1) is 5.10 Å². The molecule has 0 fully saturated rings. The van der Waals surface area contributed by atoms with Crippen molar-refractivity contribution in [3.8, 4) is 0 Å². The summed E-state index contributed by atoms with van der Waals surface area (Å²) in [6, 6.07) is 0.925. The van der Waals surface area contributed by atoms with Gasteiger partial charge in [-0.2, -0.15) is 0 Å². The van der Waals surface area contributed by atoms with Gasteiger partial charge in [-0.3, -0.25) is 9.48 Å². The molecular weight excluding hydrogens is 275 g/mol.